The molecule has 34 heavy (non-hydrogen) atoms. The number of amides is 1. The van der Waals surface area contributed by atoms with Crippen molar-refractivity contribution in [2.24, 2.45) is 5.10 Å². The fraction of sp³-hybridized carbons (Fsp3) is 0.368. The zero-order chi connectivity index (χ0) is 24.1. The summed E-state index contributed by atoms with van der Waals surface area (Å²) in [6.07, 6.45) is 1.41. The molecule has 0 unspecified atom stereocenters. The number of ether oxygens (including phenoxy) is 2. The van der Waals surface area contributed by atoms with Gasteiger partial charge in [-0.3, -0.25) is 9.69 Å². The van der Waals surface area contributed by atoms with Crippen LogP contribution in [0.3, 0.4) is 0 Å². The van der Waals surface area contributed by atoms with Crippen LogP contribution in [0.25, 0.3) is 5.82 Å². The highest BCUT2D eigenvalue weighted by Crippen LogP contribution is 2.35. The van der Waals surface area contributed by atoms with Crippen LogP contribution in [0.1, 0.15) is 28.7 Å². The lowest BCUT2D eigenvalue weighted by atomic mass is 10.2. The Kier molecular flexibility index (Phi) is 7.34. The Morgan fingerprint density at radius 2 is 2.18 bits per heavy atom. The van der Waals surface area contributed by atoms with Crippen molar-refractivity contribution in [2.75, 3.05) is 38.6 Å². The summed E-state index contributed by atoms with van der Waals surface area (Å²) in [7, 11) is 0. The van der Waals surface area contributed by atoms with Gasteiger partial charge in [0, 0.05) is 19.6 Å². The van der Waals surface area contributed by atoms with E-state index in [-0.39, 0.29) is 28.8 Å². The molecule has 0 aliphatic carbocycles. The summed E-state index contributed by atoms with van der Waals surface area (Å²) in [5.74, 6) is -0.329. The molecule has 2 aromatic heterocycles. The minimum atomic E-state index is -0.588. The van der Waals surface area contributed by atoms with Crippen molar-refractivity contribution in [1.29, 1.82) is 0 Å². The second kappa shape index (κ2) is 10.6. The van der Waals surface area contributed by atoms with Gasteiger partial charge in [0.2, 0.25) is 11.6 Å². The number of carbonyl (C=O) groups is 1. The molecule has 0 atom stereocenters. The number of halogens is 1. The van der Waals surface area contributed by atoms with Crippen molar-refractivity contribution in [3.05, 3.63) is 33.6 Å². The summed E-state index contributed by atoms with van der Waals surface area (Å²) in [6.45, 7) is 5.11. The average Bonchev–Trinajstić information content (AvgIpc) is 3.43. The first-order valence-corrected chi connectivity index (χ1v) is 11.1. The third-order valence-corrected chi connectivity index (χ3v) is 5.46. The van der Waals surface area contributed by atoms with Gasteiger partial charge in [0.05, 0.1) is 30.5 Å². The van der Waals surface area contributed by atoms with Gasteiger partial charge < -0.3 is 20.3 Å². The Morgan fingerprint density at radius 1 is 1.38 bits per heavy atom. The Hall–Kier alpha value is -3.56. The molecular formula is C19H22BrN9O5. The van der Waals surface area contributed by atoms with E-state index in [9.17, 15) is 9.90 Å². The molecule has 3 aromatic rings. The molecule has 0 saturated carbocycles. The summed E-state index contributed by atoms with van der Waals surface area (Å²) in [6, 6.07) is 3.22. The maximum atomic E-state index is 13.1. The standard InChI is InChI=1S/C19H22BrN9O5/c1-2-33-14-8-11(7-12(20)16(14)30)9-22-24-19(31)15-13(10-28-3-5-32-6-4-28)23-27-29(15)18-17(21)25-34-26-18/h7-9,30H,2-6,10H2,1H3,(H2,21,25)(H,24,31)/b22-9+. The largest absolute Gasteiger partial charge is 0.503 e. The average molecular weight is 536 g/mol. The van der Waals surface area contributed by atoms with E-state index in [1.807, 2.05) is 0 Å². The molecule has 180 valence electrons. The number of anilines is 1. The van der Waals surface area contributed by atoms with Crippen molar-refractivity contribution in [3.8, 4) is 17.3 Å². The van der Waals surface area contributed by atoms with Crippen LogP contribution in [0.4, 0.5) is 5.82 Å². The summed E-state index contributed by atoms with van der Waals surface area (Å²) in [4.78, 5) is 15.2. The number of rotatable bonds is 8. The number of benzene rings is 1. The fourth-order valence-electron chi connectivity index (χ4n) is 3.26. The van der Waals surface area contributed by atoms with E-state index in [4.69, 9.17) is 15.2 Å². The molecule has 3 heterocycles. The van der Waals surface area contributed by atoms with E-state index < -0.39 is 5.91 Å². The number of hydrazone groups is 1. The van der Waals surface area contributed by atoms with Crippen LogP contribution in [0, 0.1) is 0 Å². The topological polar surface area (TPSA) is 179 Å². The molecule has 1 saturated heterocycles. The van der Waals surface area contributed by atoms with Crippen LogP contribution in [0.5, 0.6) is 11.5 Å². The molecule has 4 N–H and O–H groups in total. The quantitative estimate of drug-likeness (QED) is 0.272. The van der Waals surface area contributed by atoms with Gasteiger partial charge in [-0.15, -0.1) is 5.10 Å². The number of phenols is 1. The second-order valence-corrected chi connectivity index (χ2v) is 7.99. The lowest BCUT2D eigenvalue weighted by Crippen LogP contribution is -2.36. The number of hydrogen-bond donors (Lipinski definition) is 3. The van der Waals surface area contributed by atoms with E-state index in [2.05, 4.69) is 56.6 Å². The monoisotopic (exact) mass is 535 g/mol. The van der Waals surface area contributed by atoms with Crippen LogP contribution in [-0.2, 0) is 11.3 Å². The van der Waals surface area contributed by atoms with Gasteiger partial charge in [-0.25, -0.2) is 10.1 Å². The van der Waals surface area contributed by atoms with Crippen molar-refractivity contribution < 1.29 is 24.0 Å². The first kappa shape index (κ1) is 23.6. The molecule has 0 radical (unpaired) electrons. The number of nitrogens with one attached hydrogen (secondary N) is 1. The number of aromatic hydroxyl groups is 1. The highest BCUT2D eigenvalue weighted by molar-refractivity contribution is 9.10. The molecular weight excluding hydrogens is 514 g/mol. The molecule has 1 aliphatic rings. The minimum absolute atomic E-state index is 0.0235. The third-order valence-electron chi connectivity index (χ3n) is 4.86. The maximum absolute atomic E-state index is 13.1. The van der Waals surface area contributed by atoms with E-state index in [1.54, 1.807) is 19.1 Å². The van der Waals surface area contributed by atoms with Gasteiger partial charge in [0.25, 0.3) is 5.91 Å². The number of nitrogen functional groups attached to an aromatic ring is 1. The Balaban J connectivity index is 1.58. The molecule has 1 aliphatic heterocycles. The van der Waals surface area contributed by atoms with Gasteiger partial charge in [-0.2, -0.15) is 9.78 Å². The Labute approximate surface area is 201 Å². The Morgan fingerprint density at radius 3 is 2.88 bits per heavy atom. The lowest BCUT2D eigenvalue weighted by molar-refractivity contribution is 0.0335. The molecule has 0 bridgehead atoms. The fourth-order valence-corrected chi connectivity index (χ4v) is 3.72. The number of nitrogens with zero attached hydrogens (tertiary/aromatic N) is 7. The summed E-state index contributed by atoms with van der Waals surface area (Å²) in [5, 5.41) is 29.5. The number of hydrogen-bond acceptors (Lipinski definition) is 12. The van der Waals surface area contributed by atoms with E-state index >= 15 is 0 Å². The smallest absolute Gasteiger partial charge is 0.292 e. The highest BCUT2D eigenvalue weighted by atomic mass is 79.9. The van der Waals surface area contributed by atoms with Gasteiger partial charge in [0.1, 0.15) is 5.69 Å². The summed E-state index contributed by atoms with van der Waals surface area (Å²) >= 11 is 3.27. The zero-order valence-electron chi connectivity index (χ0n) is 18.1. The number of phenolic OH excluding ortho intramolecular Hbond substituents is 1. The SMILES string of the molecule is CCOc1cc(/C=N/NC(=O)c2c(CN3CCOCC3)nnn2-c2nonc2N)cc(Br)c1O. The van der Waals surface area contributed by atoms with Crippen molar-refractivity contribution in [1.82, 2.24) is 35.6 Å². The lowest BCUT2D eigenvalue weighted by Gasteiger charge is -2.25. The first-order chi connectivity index (χ1) is 16.5. The van der Waals surface area contributed by atoms with Crippen molar-refractivity contribution in [3.63, 3.8) is 0 Å². The van der Waals surface area contributed by atoms with Gasteiger partial charge in [0.15, 0.2) is 17.2 Å². The van der Waals surface area contributed by atoms with E-state index in [1.165, 1.54) is 6.21 Å². The maximum Gasteiger partial charge on any atom is 0.292 e. The van der Waals surface area contributed by atoms with Crippen molar-refractivity contribution >= 4 is 33.9 Å². The zero-order valence-corrected chi connectivity index (χ0v) is 19.7. The molecule has 0 spiro atoms. The summed E-state index contributed by atoms with van der Waals surface area (Å²) < 4.78 is 17.0. The van der Waals surface area contributed by atoms with E-state index in [0.29, 0.717) is 55.2 Å². The van der Waals surface area contributed by atoms with Gasteiger partial charge >= 0.3 is 0 Å². The molecule has 15 heteroatoms. The van der Waals surface area contributed by atoms with Crippen LogP contribution in [-0.4, -0.2) is 80.3 Å². The normalized spacial score (nSPS) is 14.5. The molecule has 4 rings (SSSR count). The van der Waals surface area contributed by atoms with E-state index in [0.717, 1.165) is 4.68 Å². The minimum Gasteiger partial charge on any atom is -0.503 e. The first-order valence-electron chi connectivity index (χ1n) is 10.3. The van der Waals surface area contributed by atoms with Gasteiger partial charge in [-0.05, 0) is 50.9 Å². The van der Waals surface area contributed by atoms with Crippen LogP contribution in [0.15, 0.2) is 26.3 Å². The molecule has 1 aromatic carbocycles. The number of carbonyl (C=O) groups excluding carboxylic acids is 1. The highest BCUT2D eigenvalue weighted by Gasteiger charge is 2.26. The number of nitrogens with two attached hydrogens (primary N) is 1. The second-order valence-electron chi connectivity index (χ2n) is 7.14. The predicted molar refractivity (Wildman–Crippen MR) is 122 cm³/mol. The number of aromatic nitrogens is 5. The summed E-state index contributed by atoms with van der Waals surface area (Å²) in [5.41, 5.74) is 9.34. The molecule has 1 fully saturated rings. The van der Waals surface area contributed by atoms with Crippen LogP contribution in [0.2, 0.25) is 0 Å². The third kappa shape index (κ3) is 5.16. The molecule has 14 nitrogen and oxygen atoms in total. The molecule has 1 amide bonds. The van der Waals surface area contributed by atoms with Crippen LogP contribution >= 0.6 is 15.9 Å². The van der Waals surface area contributed by atoms with Gasteiger partial charge in [-0.1, -0.05) is 5.21 Å². The number of morpholine rings is 1. The Bertz CT molecular complexity index is 1190. The van der Waals surface area contributed by atoms with Crippen molar-refractivity contribution in [2.45, 2.75) is 13.5 Å². The predicted octanol–water partition coefficient (Wildman–Crippen LogP) is 0.695. The van der Waals surface area contributed by atoms with Crippen LogP contribution < -0.4 is 15.9 Å².